The van der Waals surface area contributed by atoms with Crippen LogP contribution in [-0.4, -0.2) is 5.91 Å². The Hall–Kier alpha value is -2.53. The molecule has 0 aromatic heterocycles. The zero-order valence-electron chi connectivity index (χ0n) is 13.4. The summed E-state index contributed by atoms with van der Waals surface area (Å²) in [5, 5.41) is 14.9. The molecule has 0 unspecified atom stereocenters. The van der Waals surface area contributed by atoms with E-state index in [0.717, 1.165) is 14.7 Å². The van der Waals surface area contributed by atoms with Crippen LogP contribution in [0.2, 0.25) is 0 Å². The zero-order chi connectivity index (χ0) is 17.7. The van der Waals surface area contributed by atoms with Crippen LogP contribution in [0.25, 0.3) is 0 Å². The van der Waals surface area contributed by atoms with Crippen molar-refractivity contribution in [3.8, 4) is 6.07 Å². The second-order valence-corrected chi connectivity index (χ2v) is 6.56. The number of nitrogens with zero attached hydrogens (tertiary/aromatic N) is 1. The molecule has 0 aliphatic rings. The number of halogens is 1. The molecule has 0 atom stereocenters. The van der Waals surface area contributed by atoms with Crippen molar-refractivity contribution >= 4 is 45.6 Å². The predicted molar refractivity (Wildman–Crippen MR) is 105 cm³/mol. The third-order valence-corrected chi connectivity index (χ3v) is 4.05. The molecule has 2 aromatic carbocycles. The number of nitrogens with two attached hydrogens (primary N) is 1. The number of amides is 1. The molecule has 0 spiro atoms. The fourth-order valence-corrected chi connectivity index (χ4v) is 2.72. The Kier molecular flexibility index (Phi) is 5.82. The van der Waals surface area contributed by atoms with Gasteiger partial charge in [0.05, 0.1) is 11.4 Å². The summed E-state index contributed by atoms with van der Waals surface area (Å²) in [5.74, 6) is -0.472. The van der Waals surface area contributed by atoms with E-state index in [4.69, 9.17) is 5.73 Å². The van der Waals surface area contributed by atoms with Gasteiger partial charge in [-0.3, -0.25) is 4.79 Å². The molecule has 0 fully saturated rings. The molecule has 0 radical (unpaired) electrons. The lowest BCUT2D eigenvalue weighted by atomic mass is 10.2. The van der Waals surface area contributed by atoms with Gasteiger partial charge in [0.1, 0.15) is 11.6 Å². The van der Waals surface area contributed by atoms with Crippen molar-refractivity contribution in [2.24, 2.45) is 0 Å². The number of nitrogens with one attached hydrogen (secondary N) is 2. The zero-order valence-corrected chi connectivity index (χ0v) is 15.5. The summed E-state index contributed by atoms with van der Waals surface area (Å²) in [7, 11) is 0. The SMILES string of the molecule is Cc1ccc(N/C=C(/C#N)C(=O)Nc2ccc(I)cc2C)c(N)c1. The Labute approximate surface area is 154 Å². The number of carbonyl (C=O) groups excluding carboxylic acids is 1. The molecule has 4 N–H and O–H groups in total. The van der Waals surface area contributed by atoms with Gasteiger partial charge in [-0.05, 0) is 77.9 Å². The number of nitriles is 1. The Morgan fingerprint density at radius 1 is 1.21 bits per heavy atom. The maximum absolute atomic E-state index is 12.3. The van der Waals surface area contributed by atoms with E-state index >= 15 is 0 Å². The minimum absolute atomic E-state index is 0.0343. The van der Waals surface area contributed by atoms with Gasteiger partial charge in [0.25, 0.3) is 5.91 Å². The predicted octanol–water partition coefficient (Wildman–Crippen LogP) is 3.95. The third kappa shape index (κ3) is 4.49. The van der Waals surface area contributed by atoms with Crippen LogP contribution < -0.4 is 16.4 Å². The molecular formula is C18H17IN4O. The Morgan fingerprint density at radius 2 is 1.92 bits per heavy atom. The van der Waals surface area contributed by atoms with Crippen molar-refractivity contribution in [2.75, 3.05) is 16.4 Å². The number of benzene rings is 2. The Bertz CT molecular complexity index is 853. The van der Waals surface area contributed by atoms with Crippen molar-refractivity contribution in [3.05, 3.63) is 62.9 Å². The largest absolute Gasteiger partial charge is 0.397 e. The monoisotopic (exact) mass is 432 g/mol. The molecule has 2 rings (SSSR count). The van der Waals surface area contributed by atoms with E-state index in [2.05, 4.69) is 33.2 Å². The number of carbonyl (C=O) groups is 1. The summed E-state index contributed by atoms with van der Waals surface area (Å²) in [6.07, 6.45) is 1.36. The van der Waals surface area contributed by atoms with Crippen molar-refractivity contribution < 1.29 is 4.79 Å². The molecule has 122 valence electrons. The lowest BCUT2D eigenvalue weighted by Crippen LogP contribution is -2.15. The molecule has 0 saturated carbocycles. The van der Waals surface area contributed by atoms with Gasteiger partial charge in [-0.1, -0.05) is 6.07 Å². The number of rotatable bonds is 4. The van der Waals surface area contributed by atoms with Gasteiger partial charge in [-0.2, -0.15) is 5.26 Å². The first kappa shape index (κ1) is 17.8. The summed E-state index contributed by atoms with van der Waals surface area (Å²) < 4.78 is 1.08. The highest BCUT2D eigenvalue weighted by Crippen LogP contribution is 2.20. The average Bonchev–Trinajstić information content (AvgIpc) is 2.52. The number of hydrogen-bond acceptors (Lipinski definition) is 4. The lowest BCUT2D eigenvalue weighted by molar-refractivity contribution is -0.112. The van der Waals surface area contributed by atoms with E-state index < -0.39 is 5.91 Å². The average molecular weight is 432 g/mol. The minimum atomic E-state index is -0.472. The quantitative estimate of drug-likeness (QED) is 0.295. The maximum Gasteiger partial charge on any atom is 0.267 e. The standard InChI is InChI=1S/C18H17IN4O/c1-11-3-5-17(15(21)7-11)22-10-13(9-20)18(24)23-16-6-4-14(19)8-12(16)2/h3-8,10,22H,21H2,1-2H3,(H,23,24)/b13-10-. The van der Waals surface area contributed by atoms with Gasteiger partial charge in [-0.25, -0.2) is 0 Å². The van der Waals surface area contributed by atoms with Crippen LogP contribution in [0.5, 0.6) is 0 Å². The molecule has 1 amide bonds. The molecule has 0 saturated heterocycles. The smallest absolute Gasteiger partial charge is 0.267 e. The van der Waals surface area contributed by atoms with Gasteiger partial charge in [0.15, 0.2) is 0 Å². The van der Waals surface area contributed by atoms with E-state index in [9.17, 15) is 10.1 Å². The number of nitrogen functional groups attached to an aromatic ring is 1. The summed E-state index contributed by atoms with van der Waals surface area (Å²) in [6, 6.07) is 13.1. The van der Waals surface area contributed by atoms with Crippen molar-refractivity contribution in [3.63, 3.8) is 0 Å². The van der Waals surface area contributed by atoms with E-state index in [1.165, 1.54) is 6.20 Å². The van der Waals surface area contributed by atoms with E-state index in [1.807, 2.05) is 50.2 Å². The Balaban J connectivity index is 2.15. The van der Waals surface area contributed by atoms with Crippen LogP contribution in [0, 0.1) is 28.7 Å². The van der Waals surface area contributed by atoms with Crippen LogP contribution >= 0.6 is 22.6 Å². The highest BCUT2D eigenvalue weighted by atomic mass is 127. The first-order valence-corrected chi connectivity index (χ1v) is 8.29. The topological polar surface area (TPSA) is 90.9 Å². The number of anilines is 3. The first-order valence-electron chi connectivity index (χ1n) is 7.21. The van der Waals surface area contributed by atoms with Gasteiger partial charge in [-0.15, -0.1) is 0 Å². The van der Waals surface area contributed by atoms with E-state index in [-0.39, 0.29) is 5.57 Å². The van der Waals surface area contributed by atoms with Crippen LogP contribution in [0.3, 0.4) is 0 Å². The van der Waals surface area contributed by atoms with Crippen molar-refractivity contribution in [1.82, 2.24) is 0 Å². The van der Waals surface area contributed by atoms with Crippen LogP contribution in [-0.2, 0) is 4.79 Å². The van der Waals surface area contributed by atoms with Gasteiger partial charge in [0.2, 0.25) is 0 Å². The van der Waals surface area contributed by atoms with E-state index in [0.29, 0.717) is 17.1 Å². The third-order valence-electron chi connectivity index (χ3n) is 3.38. The Morgan fingerprint density at radius 3 is 2.54 bits per heavy atom. The molecule has 6 heteroatoms. The van der Waals surface area contributed by atoms with Gasteiger partial charge >= 0.3 is 0 Å². The molecule has 0 aliphatic carbocycles. The van der Waals surface area contributed by atoms with Crippen molar-refractivity contribution in [2.45, 2.75) is 13.8 Å². The van der Waals surface area contributed by atoms with E-state index in [1.54, 1.807) is 6.07 Å². The molecule has 5 nitrogen and oxygen atoms in total. The van der Waals surface area contributed by atoms with Crippen LogP contribution in [0.15, 0.2) is 48.2 Å². The molecule has 0 aliphatic heterocycles. The van der Waals surface area contributed by atoms with Gasteiger partial charge in [0, 0.05) is 15.5 Å². The summed E-state index contributed by atoms with van der Waals surface area (Å²) in [5.41, 5.74) is 9.72. The molecule has 0 bridgehead atoms. The number of aryl methyl sites for hydroxylation is 2. The summed E-state index contributed by atoms with van der Waals surface area (Å²) in [6.45, 7) is 3.84. The van der Waals surface area contributed by atoms with Crippen LogP contribution in [0.1, 0.15) is 11.1 Å². The fourth-order valence-electron chi connectivity index (χ4n) is 2.07. The molecule has 24 heavy (non-hydrogen) atoms. The second-order valence-electron chi connectivity index (χ2n) is 5.32. The first-order chi connectivity index (χ1) is 11.4. The maximum atomic E-state index is 12.3. The highest BCUT2D eigenvalue weighted by molar-refractivity contribution is 14.1. The second kappa shape index (κ2) is 7.84. The normalized spacial score (nSPS) is 10.8. The highest BCUT2D eigenvalue weighted by Gasteiger charge is 2.11. The molecule has 0 heterocycles. The van der Waals surface area contributed by atoms with Crippen LogP contribution in [0.4, 0.5) is 17.1 Å². The molecule has 2 aromatic rings. The summed E-state index contributed by atoms with van der Waals surface area (Å²) in [4.78, 5) is 12.3. The van der Waals surface area contributed by atoms with Crippen molar-refractivity contribution in [1.29, 1.82) is 5.26 Å². The lowest BCUT2D eigenvalue weighted by Gasteiger charge is -2.09. The van der Waals surface area contributed by atoms with Gasteiger partial charge < -0.3 is 16.4 Å². The fraction of sp³-hybridized carbons (Fsp3) is 0.111. The minimum Gasteiger partial charge on any atom is -0.397 e. The number of hydrogen-bond donors (Lipinski definition) is 3. The summed E-state index contributed by atoms with van der Waals surface area (Å²) >= 11 is 2.20. The molecular weight excluding hydrogens is 415 g/mol.